The molecule has 4 rings (SSSR count). The quantitative estimate of drug-likeness (QED) is 0.687. The van der Waals surface area contributed by atoms with E-state index in [-0.39, 0.29) is 12.0 Å². The fourth-order valence-corrected chi connectivity index (χ4v) is 3.54. The monoisotopic (exact) mass is 365 g/mol. The van der Waals surface area contributed by atoms with Crippen molar-refractivity contribution in [1.29, 1.82) is 0 Å². The van der Waals surface area contributed by atoms with Gasteiger partial charge in [0.2, 0.25) is 0 Å². The molecule has 1 aliphatic rings. The van der Waals surface area contributed by atoms with E-state index in [1.807, 2.05) is 50.4 Å². The number of aryl methyl sites for hydroxylation is 1. The van der Waals surface area contributed by atoms with Gasteiger partial charge in [0.15, 0.2) is 0 Å². The van der Waals surface area contributed by atoms with Gasteiger partial charge in [0.1, 0.15) is 0 Å². The highest BCUT2D eigenvalue weighted by atomic mass is 16.5. The number of rotatable bonds is 5. The number of hydrogen-bond acceptors (Lipinski definition) is 5. The first-order valence-corrected chi connectivity index (χ1v) is 9.33. The summed E-state index contributed by atoms with van der Waals surface area (Å²) in [6, 6.07) is 11.6. The van der Waals surface area contributed by atoms with Crippen molar-refractivity contribution in [2.75, 3.05) is 20.2 Å². The Balaban J connectivity index is 1.66. The van der Waals surface area contributed by atoms with Gasteiger partial charge in [-0.05, 0) is 32.3 Å². The van der Waals surface area contributed by atoms with E-state index in [1.165, 1.54) is 0 Å². The molecule has 6 heteroatoms. The number of carbonyl (C=O) groups is 1. The van der Waals surface area contributed by atoms with Crippen molar-refractivity contribution in [1.82, 2.24) is 15.0 Å². The van der Waals surface area contributed by atoms with E-state index in [4.69, 9.17) is 9.26 Å². The highest BCUT2D eigenvalue weighted by Gasteiger charge is 2.23. The van der Waals surface area contributed by atoms with Crippen LogP contribution in [-0.4, -0.2) is 47.3 Å². The van der Waals surface area contributed by atoms with Crippen LogP contribution in [-0.2, 0) is 4.74 Å². The molecule has 0 spiro atoms. The molecule has 3 aromatic rings. The topological polar surface area (TPSA) is 68.5 Å². The van der Waals surface area contributed by atoms with Crippen molar-refractivity contribution in [2.45, 2.75) is 32.3 Å². The minimum absolute atomic E-state index is 0.0520. The molecule has 0 aliphatic carbocycles. The van der Waals surface area contributed by atoms with Gasteiger partial charge in [0, 0.05) is 25.8 Å². The van der Waals surface area contributed by atoms with Crippen molar-refractivity contribution in [3.8, 4) is 11.3 Å². The molecule has 1 amide bonds. The zero-order chi connectivity index (χ0) is 18.8. The minimum atomic E-state index is -0.0520. The molecule has 1 atom stereocenters. The van der Waals surface area contributed by atoms with Gasteiger partial charge in [-0.3, -0.25) is 4.79 Å². The van der Waals surface area contributed by atoms with Crippen molar-refractivity contribution >= 4 is 17.0 Å². The average molecular weight is 365 g/mol. The molecule has 1 unspecified atom stereocenters. The first-order chi connectivity index (χ1) is 13.1. The van der Waals surface area contributed by atoms with Crippen LogP contribution in [0, 0.1) is 6.92 Å². The van der Waals surface area contributed by atoms with E-state index in [0.29, 0.717) is 34.6 Å². The lowest BCUT2D eigenvalue weighted by Gasteiger charge is -2.20. The lowest BCUT2D eigenvalue weighted by Crippen LogP contribution is -2.30. The molecule has 0 bridgehead atoms. The highest BCUT2D eigenvalue weighted by molar-refractivity contribution is 6.06. The molecule has 0 N–H and O–H groups in total. The second-order valence-corrected chi connectivity index (χ2v) is 7.02. The maximum atomic E-state index is 13.2. The summed E-state index contributed by atoms with van der Waals surface area (Å²) in [5.74, 6) is -0.0520. The maximum Gasteiger partial charge on any atom is 0.259 e. The average Bonchev–Trinajstić information content (AvgIpc) is 3.35. The summed E-state index contributed by atoms with van der Waals surface area (Å²) in [6.07, 6.45) is 3.29. The van der Waals surface area contributed by atoms with Crippen molar-refractivity contribution in [3.05, 3.63) is 47.7 Å². The lowest BCUT2D eigenvalue weighted by molar-refractivity contribution is 0.0716. The molecular weight excluding hydrogens is 342 g/mol. The molecule has 140 valence electrons. The predicted molar refractivity (Wildman–Crippen MR) is 103 cm³/mol. The number of benzene rings is 1. The maximum absolute atomic E-state index is 13.2. The summed E-state index contributed by atoms with van der Waals surface area (Å²) in [7, 11) is 1.83. The standard InChI is InChI=1S/C21H23N3O3/c1-14-19-17(21(25)24(2)11-10-16-9-6-12-26-16)13-18(22-20(19)27-23-14)15-7-4-3-5-8-15/h3-5,7-8,13,16H,6,9-12H2,1-2H3. The van der Waals surface area contributed by atoms with Gasteiger partial charge < -0.3 is 14.2 Å². The Morgan fingerprint density at radius 3 is 2.85 bits per heavy atom. The molecule has 3 heterocycles. The third-order valence-corrected chi connectivity index (χ3v) is 5.07. The number of amides is 1. The van der Waals surface area contributed by atoms with Crippen LogP contribution in [0.4, 0.5) is 0 Å². The van der Waals surface area contributed by atoms with Gasteiger partial charge in [-0.15, -0.1) is 0 Å². The molecule has 6 nitrogen and oxygen atoms in total. The van der Waals surface area contributed by atoms with Crippen molar-refractivity contribution in [3.63, 3.8) is 0 Å². The SMILES string of the molecule is Cc1noc2nc(-c3ccccc3)cc(C(=O)N(C)CCC3CCCO3)c12. The summed E-state index contributed by atoms with van der Waals surface area (Å²) in [6.45, 7) is 3.31. The van der Waals surface area contributed by atoms with Crippen molar-refractivity contribution < 1.29 is 14.1 Å². The van der Waals surface area contributed by atoms with Gasteiger partial charge in [-0.1, -0.05) is 35.5 Å². The lowest BCUT2D eigenvalue weighted by atomic mass is 10.0. The van der Waals surface area contributed by atoms with E-state index in [1.54, 1.807) is 4.90 Å². The number of hydrogen-bond donors (Lipinski definition) is 0. The number of carbonyl (C=O) groups excluding carboxylic acids is 1. The fourth-order valence-electron chi connectivity index (χ4n) is 3.54. The Hall–Kier alpha value is -2.73. The van der Waals surface area contributed by atoms with E-state index >= 15 is 0 Å². The molecule has 1 aromatic carbocycles. The summed E-state index contributed by atoms with van der Waals surface area (Å²) < 4.78 is 11.0. The van der Waals surface area contributed by atoms with Crippen molar-refractivity contribution in [2.24, 2.45) is 0 Å². The summed E-state index contributed by atoms with van der Waals surface area (Å²) >= 11 is 0. The Kier molecular flexibility index (Phi) is 4.90. The van der Waals surface area contributed by atoms with Gasteiger partial charge in [-0.2, -0.15) is 0 Å². The number of fused-ring (bicyclic) bond motifs is 1. The van der Waals surface area contributed by atoms with Gasteiger partial charge >= 0.3 is 0 Å². The number of nitrogens with zero attached hydrogens (tertiary/aromatic N) is 3. The van der Waals surface area contributed by atoms with Gasteiger partial charge in [0.05, 0.1) is 28.4 Å². The smallest absolute Gasteiger partial charge is 0.259 e. The molecule has 27 heavy (non-hydrogen) atoms. The molecule has 1 aliphatic heterocycles. The minimum Gasteiger partial charge on any atom is -0.378 e. The summed E-state index contributed by atoms with van der Waals surface area (Å²) in [5.41, 5.74) is 3.28. The van der Waals surface area contributed by atoms with E-state index < -0.39 is 0 Å². The zero-order valence-corrected chi connectivity index (χ0v) is 15.6. The summed E-state index contributed by atoms with van der Waals surface area (Å²) in [5, 5.41) is 4.70. The number of pyridine rings is 1. The van der Waals surface area contributed by atoms with E-state index in [2.05, 4.69) is 10.1 Å². The number of aromatic nitrogens is 2. The normalized spacial score (nSPS) is 16.7. The van der Waals surface area contributed by atoms with Crippen LogP contribution < -0.4 is 0 Å². The fraction of sp³-hybridized carbons (Fsp3) is 0.381. The van der Waals surface area contributed by atoms with Crippen LogP contribution in [0.5, 0.6) is 0 Å². The van der Waals surface area contributed by atoms with Crippen LogP contribution in [0.2, 0.25) is 0 Å². The molecule has 0 saturated carbocycles. The molecular formula is C21H23N3O3. The summed E-state index contributed by atoms with van der Waals surface area (Å²) in [4.78, 5) is 19.5. The van der Waals surface area contributed by atoms with E-state index in [0.717, 1.165) is 31.4 Å². The molecule has 2 aromatic heterocycles. The molecule has 1 saturated heterocycles. The largest absolute Gasteiger partial charge is 0.378 e. The zero-order valence-electron chi connectivity index (χ0n) is 15.6. The first kappa shape index (κ1) is 17.7. The van der Waals surface area contributed by atoms with Crippen LogP contribution in [0.25, 0.3) is 22.4 Å². The third kappa shape index (κ3) is 3.57. The Morgan fingerprint density at radius 2 is 2.11 bits per heavy atom. The predicted octanol–water partition coefficient (Wildman–Crippen LogP) is 3.84. The Morgan fingerprint density at radius 1 is 1.30 bits per heavy atom. The van der Waals surface area contributed by atoms with Gasteiger partial charge in [-0.25, -0.2) is 4.98 Å². The third-order valence-electron chi connectivity index (χ3n) is 5.07. The second kappa shape index (κ2) is 7.48. The highest BCUT2D eigenvalue weighted by Crippen LogP contribution is 2.28. The van der Waals surface area contributed by atoms with Crippen LogP contribution in [0.3, 0.4) is 0 Å². The molecule has 1 fully saturated rings. The van der Waals surface area contributed by atoms with Crippen LogP contribution >= 0.6 is 0 Å². The van der Waals surface area contributed by atoms with Gasteiger partial charge in [0.25, 0.3) is 11.6 Å². The van der Waals surface area contributed by atoms with Crippen LogP contribution in [0.1, 0.15) is 35.3 Å². The van der Waals surface area contributed by atoms with Crippen LogP contribution in [0.15, 0.2) is 40.9 Å². The van der Waals surface area contributed by atoms with E-state index in [9.17, 15) is 4.79 Å². The Labute approximate surface area is 158 Å². The second-order valence-electron chi connectivity index (χ2n) is 7.02. The molecule has 0 radical (unpaired) electrons. The first-order valence-electron chi connectivity index (χ1n) is 9.33. The Bertz CT molecular complexity index is 946. The number of ether oxygens (including phenoxy) is 1.